The number of allylic oxidation sites excluding steroid dienone is 4. The van der Waals surface area contributed by atoms with E-state index < -0.39 is 10.2 Å². The number of rotatable bonds is 0. The molecule has 0 atom stereocenters. The minimum Gasteiger partial charge on any atom is -0.237 e. The van der Waals surface area contributed by atoms with Crippen LogP contribution in [0.25, 0.3) is 33.5 Å². The fourth-order valence-electron chi connectivity index (χ4n) is 4.69. The van der Waals surface area contributed by atoms with Gasteiger partial charge in [0.15, 0.2) is 11.3 Å². The van der Waals surface area contributed by atoms with Gasteiger partial charge in [-0.3, -0.25) is 0 Å². The molecule has 1 radical (unpaired) electrons. The number of aryl methyl sites for hydroxylation is 2. The quantitative estimate of drug-likeness (QED) is 0.215. The number of pyridine rings is 4. The average Bonchev–Trinajstić information content (AvgIpc) is 3.45. The van der Waals surface area contributed by atoms with Crippen LogP contribution in [0.3, 0.4) is 0 Å². The third-order valence-electron chi connectivity index (χ3n) is 6.21. The zero-order valence-corrected chi connectivity index (χ0v) is 21.4. The Balaban J connectivity index is 0.000000194. The summed E-state index contributed by atoms with van der Waals surface area (Å²) in [6, 6.07) is 12.5. The minimum atomic E-state index is -4.94. The van der Waals surface area contributed by atoms with E-state index in [1.54, 1.807) is 12.4 Å². The van der Waals surface area contributed by atoms with E-state index in [9.17, 15) is 0 Å². The number of hydrogen-bond acceptors (Lipinski definition) is 8. The summed E-state index contributed by atoms with van der Waals surface area (Å²) in [4.78, 5) is 18.4. The van der Waals surface area contributed by atoms with Crippen LogP contribution in [-0.2, 0) is 32.3 Å². The van der Waals surface area contributed by atoms with Crippen LogP contribution in [0.4, 0.5) is 0 Å². The molecule has 10 heteroatoms. The predicted molar refractivity (Wildman–Crippen MR) is 120 cm³/mol. The zero-order valence-electron chi connectivity index (χ0n) is 19.0. The van der Waals surface area contributed by atoms with Gasteiger partial charge in [-0.2, -0.15) is 0 Å². The third-order valence-corrected chi connectivity index (χ3v) is 6.21. The van der Waals surface area contributed by atoms with Crippen molar-refractivity contribution < 1.29 is 48.4 Å². The molecule has 187 valence electrons. The normalized spacial score (nSPS) is 18.8. The first kappa shape index (κ1) is 26.4. The van der Waals surface area contributed by atoms with E-state index in [-0.39, 0.29) is 19.5 Å². The molecule has 0 unspecified atom stereocenters. The standard InChI is InChI=1S/C19H14N4.C7H8.ClHO4.Rh/c1-4-12-10-14-6-2-8-20-18(14)22-16(12)17-13(5-1)11-15-7-3-9-21-19(15)23-17;1-2-7-4-3-6(1)5-7;2-1(3,4)5;/h2-3,6-11H,1,4-5H2;1-4,6-7H,5H2;(H,2,3,4,5);/p-1. The van der Waals surface area contributed by atoms with Crippen molar-refractivity contribution in [3.8, 4) is 11.4 Å². The summed E-state index contributed by atoms with van der Waals surface area (Å²) in [6.07, 6.45) is 17.3. The molecule has 0 spiro atoms. The van der Waals surface area contributed by atoms with Crippen LogP contribution in [0.1, 0.15) is 24.0 Å². The molecule has 0 N–H and O–H groups in total. The topological polar surface area (TPSA) is 144 Å². The SMILES string of the molecule is C1=CC2C=CC1C2.[O-][Cl+3]([O-])([O-])[O-].[Rh].c1cnc2nc3c(cc2c1)CCCc1cc2cccnc2nc1-3. The second kappa shape index (κ2) is 11.2. The molecular formula is C26H22ClN4O4Rh-. The van der Waals surface area contributed by atoms with Crippen molar-refractivity contribution in [3.63, 3.8) is 0 Å². The van der Waals surface area contributed by atoms with Crippen molar-refractivity contribution in [2.45, 2.75) is 25.7 Å². The van der Waals surface area contributed by atoms with Crippen LogP contribution in [0, 0.1) is 22.1 Å². The molecule has 3 aliphatic carbocycles. The molecule has 36 heavy (non-hydrogen) atoms. The van der Waals surface area contributed by atoms with E-state index in [0.717, 1.165) is 64.6 Å². The summed E-state index contributed by atoms with van der Waals surface area (Å²) < 4.78 is 34.0. The van der Waals surface area contributed by atoms with Crippen LogP contribution in [0.2, 0.25) is 0 Å². The van der Waals surface area contributed by atoms with E-state index in [0.29, 0.717) is 0 Å². The molecule has 8 nitrogen and oxygen atoms in total. The van der Waals surface area contributed by atoms with Gasteiger partial charge < -0.3 is 0 Å². The van der Waals surface area contributed by atoms with E-state index >= 15 is 0 Å². The van der Waals surface area contributed by atoms with Crippen molar-refractivity contribution in [1.82, 2.24) is 19.9 Å². The molecule has 4 aromatic rings. The van der Waals surface area contributed by atoms with Crippen LogP contribution in [-0.4, -0.2) is 19.9 Å². The molecular weight excluding hydrogens is 571 g/mol. The van der Waals surface area contributed by atoms with E-state index in [1.165, 1.54) is 17.5 Å². The minimum absolute atomic E-state index is 0. The zero-order chi connectivity index (χ0) is 24.4. The number of aromatic nitrogens is 4. The summed E-state index contributed by atoms with van der Waals surface area (Å²) >= 11 is 0. The van der Waals surface area contributed by atoms with Crippen molar-refractivity contribution in [2.75, 3.05) is 0 Å². The first-order chi connectivity index (χ1) is 16.8. The third kappa shape index (κ3) is 6.37. The molecule has 0 fully saturated rings. The van der Waals surface area contributed by atoms with Crippen molar-refractivity contribution in [1.29, 1.82) is 0 Å². The van der Waals surface area contributed by atoms with Gasteiger partial charge in [-0.15, -0.1) is 10.2 Å². The first-order valence-electron chi connectivity index (χ1n) is 11.3. The monoisotopic (exact) mass is 592 g/mol. The maximum Gasteiger partial charge on any atom is 0.159 e. The first-order valence-corrected chi connectivity index (χ1v) is 12.5. The van der Waals surface area contributed by atoms with Crippen LogP contribution >= 0.6 is 0 Å². The van der Waals surface area contributed by atoms with Crippen molar-refractivity contribution in [2.24, 2.45) is 11.8 Å². The summed E-state index contributed by atoms with van der Waals surface area (Å²) in [6.45, 7) is 0. The predicted octanol–water partition coefficient (Wildman–Crippen LogP) is 0.719. The second-order valence-corrected chi connectivity index (χ2v) is 9.41. The molecule has 0 aliphatic heterocycles. The molecule has 2 bridgehead atoms. The average molecular weight is 593 g/mol. The van der Waals surface area contributed by atoms with Crippen LogP contribution < -0.4 is 18.6 Å². The van der Waals surface area contributed by atoms with Gasteiger partial charge in [0.05, 0.1) is 11.4 Å². The van der Waals surface area contributed by atoms with E-state index in [1.807, 2.05) is 12.1 Å². The van der Waals surface area contributed by atoms with Crippen LogP contribution in [0.5, 0.6) is 0 Å². The van der Waals surface area contributed by atoms with Gasteiger partial charge in [0.1, 0.15) is 0 Å². The Kier molecular flexibility index (Phi) is 8.20. The van der Waals surface area contributed by atoms with Gasteiger partial charge >= 0.3 is 0 Å². The molecule has 7 rings (SSSR count). The number of halogens is 1. The van der Waals surface area contributed by atoms with Gasteiger partial charge in [-0.1, -0.05) is 24.3 Å². The van der Waals surface area contributed by atoms with Crippen molar-refractivity contribution >= 4 is 22.1 Å². The Hall–Kier alpha value is -2.65. The Morgan fingerprint density at radius 1 is 0.694 bits per heavy atom. The number of hydrogen-bond donors (Lipinski definition) is 0. The maximum absolute atomic E-state index is 8.49. The van der Waals surface area contributed by atoms with E-state index in [4.69, 9.17) is 28.6 Å². The molecule has 0 saturated heterocycles. The van der Waals surface area contributed by atoms with Gasteiger partial charge in [-0.25, -0.2) is 38.6 Å². The molecule has 4 aromatic heterocycles. The molecule has 0 saturated carbocycles. The van der Waals surface area contributed by atoms with E-state index in [2.05, 4.69) is 58.5 Å². The summed E-state index contributed by atoms with van der Waals surface area (Å²) in [5.41, 5.74) is 6.01. The van der Waals surface area contributed by atoms with Crippen LogP contribution in [0.15, 0.2) is 73.1 Å². The smallest absolute Gasteiger partial charge is 0.159 e. The molecule has 0 aromatic carbocycles. The Bertz CT molecular complexity index is 1320. The van der Waals surface area contributed by atoms with Gasteiger partial charge in [0, 0.05) is 42.6 Å². The van der Waals surface area contributed by atoms with Gasteiger partial charge in [-0.05, 0) is 85.0 Å². The molecule has 3 aliphatic rings. The Labute approximate surface area is 223 Å². The summed E-state index contributed by atoms with van der Waals surface area (Å²) in [5, 5.41) is 2.18. The summed E-state index contributed by atoms with van der Waals surface area (Å²) in [5.74, 6) is 1.62. The Morgan fingerprint density at radius 3 is 1.47 bits per heavy atom. The number of nitrogens with zero attached hydrogens (tertiary/aromatic N) is 4. The molecule has 0 amide bonds. The largest absolute Gasteiger partial charge is 0.237 e. The fourth-order valence-corrected chi connectivity index (χ4v) is 4.69. The Morgan fingerprint density at radius 2 is 1.11 bits per heavy atom. The van der Waals surface area contributed by atoms with Crippen molar-refractivity contribution in [3.05, 3.63) is 84.2 Å². The summed E-state index contributed by atoms with van der Waals surface area (Å²) in [7, 11) is -4.94. The van der Waals surface area contributed by atoms with Gasteiger partial charge in [0.2, 0.25) is 0 Å². The number of fused-ring (bicyclic) bond motifs is 7. The van der Waals surface area contributed by atoms with Gasteiger partial charge in [0.25, 0.3) is 0 Å². The molecule has 4 heterocycles. The maximum atomic E-state index is 8.49. The fraction of sp³-hybridized carbons (Fsp3) is 0.231. The second-order valence-electron chi connectivity index (χ2n) is 8.66.